The first-order chi connectivity index (χ1) is 33.7. The summed E-state index contributed by atoms with van der Waals surface area (Å²) in [5, 5.41) is 58.5. The number of hydrogen-bond acceptors (Lipinski definition) is 12. The van der Waals surface area contributed by atoms with Gasteiger partial charge < -0.3 is 61.3 Å². The Hall–Kier alpha value is -1.71. The number of allylic oxidation sites excluding steroid dienone is 8. The predicted molar refractivity (Wildman–Crippen MR) is 317 cm³/mol. The minimum atomic E-state index is 0. The summed E-state index contributed by atoms with van der Waals surface area (Å²) in [5.74, 6) is 0.255. The number of aliphatic imine (C=N–C) groups is 4. The molecule has 74 heavy (non-hydrogen) atoms. The molecule has 432 valence electrons. The molecule has 0 aromatic heterocycles. The smallest absolute Gasteiger partial charge is 0.876 e. The maximum absolute atomic E-state index is 10.7. The number of hydrogen-bond donors (Lipinski definition) is 0. The quantitative estimate of drug-likeness (QED) is 0.0422. The van der Waals surface area contributed by atoms with Crippen LogP contribution >= 0.6 is 0 Å². The molecule has 0 heterocycles. The van der Waals surface area contributed by atoms with E-state index in [9.17, 15) is 20.4 Å². The van der Waals surface area contributed by atoms with Gasteiger partial charge in [0, 0.05) is 49.0 Å². The zero-order valence-electron chi connectivity index (χ0n) is 52.5. The second-order valence-electron chi connectivity index (χ2n) is 17.2. The van der Waals surface area contributed by atoms with Crippen molar-refractivity contribution < 1.29 is 72.8 Å². The fourth-order valence-electron chi connectivity index (χ4n) is 4.82. The maximum atomic E-state index is 10.7. The molecule has 0 amide bonds. The Balaban J connectivity index is -0.0000000815. The van der Waals surface area contributed by atoms with E-state index in [1.807, 2.05) is 139 Å². The molecule has 0 saturated heterocycles. The third-order valence-electron chi connectivity index (χ3n) is 7.94. The summed E-state index contributed by atoms with van der Waals surface area (Å²) in [6, 6.07) is 0. The molecule has 0 aliphatic carbocycles. The van der Waals surface area contributed by atoms with Gasteiger partial charge in [-0.1, -0.05) is 107 Å². The molecule has 0 aromatic rings. The Morgan fingerprint density at radius 1 is 0.311 bits per heavy atom. The van der Waals surface area contributed by atoms with E-state index >= 15 is 0 Å². The SMILES string of the molecule is CC(/C=C(/C)[O-])=NCCCN(C)C.CC(/C=C(/C)[O-])=NCCCN(C)C.CC(/C=C(/C)[O-])=NCCCN(C)C.CC(/C=C(/C)[O-])=NCCCN(C)C.CC[N-]CC.CC[N-]CC.CC[N-]CC.CC[N-]CC.[Zr+4].[Zr+4]. The van der Waals surface area contributed by atoms with Gasteiger partial charge >= 0.3 is 52.4 Å². The van der Waals surface area contributed by atoms with Crippen LogP contribution in [0.1, 0.15) is 136 Å². The summed E-state index contributed by atoms with van der Waals surface area (Å²) < 4.78 is 0. The third kappa shape index (κ3) is 133. The van der Waals surface area contributed by atoms with Crippen LogP contribution in [0, 0.1) is 0 Å². The van der Waals surface area contributed by atoms with E-state index in [0.29, 0.717) is 0 Å². The summed E-state index contributed by atoms with van der Waals surface area (Å²) in [4.78, 5) is 25.5. The van der Waals surface area contributed by atoms with Crippen LogP contribution in [-0.4, -0.2) is 204 Å². The molecule has 0 spiro atoms. The number of nitrogens with zero attached hydrogens (tertiary/aromatic N) is 12. The molecule has 0 aliphatic rings. The molecule has 0 unspecified atom stereocenters. The minimum absolute atomic E-state index is 0. The largest absolute Gasteiger partial charge is 4.00 e. The second kappa shape index (κ2) is 80.1. The van der Waals surface area contributed by atoms with E-state index in [1.54, 1.807) is 52.0 Å². The van der Waals surface area contributed by atoms with Crippen molar-refractivity contribution in [3.05, 3.63) is 68.6 Å². The molecule has 0 aliphatic heterocycles. The molecular weight excluding hydrogens is 1090 g/mol. The first-order valence-corrected chi connectivity index (χ1v) is 26.3. The van der Waals surface area contributed by atoms with Crippen molar-refractivity contribution in [2.45, 2.75) is 136 Å². The monoisotopic (exact) mass is 1200 g/mol. The molecule has 0 aromatic carbocycles. The van der Waals surface area contributed by atoms with E-state index in [4.69, 9.17) is 0 Å². The summed E-state index contributed by atoms with van der Waals surface area (Å²) in [6.45, 7) is 45.1. The van der Waals surface area contributed by atoms with Gasteiger partial charge in [0.05, 0.1) is 0 Å². The van der Waals surface area contributed by atoms with Gasteiger partial charge in [0.25, 0.3) is 0 Å². The molecule has 0 rings (SSSR count). The minimum Gasteiger partial charge on any atom is -0.876 e. The van der Waals surface area contributed by atoms with Crippen molar-refractivity contribution in [1.29, 1.82) is 0 Å². The van der Waals surface area contributed by atoms with E-state index < -0.39 is 0 Å². The third-order valence-corrected chi connectivity index (χ3v) is 7.94. The number of rotatable bonds is 28. The normalized spacial score (nSPS) is 12.1. The van der Waals surface area contributed by atoms with Gasteiger partial charge in [-0.3, -0.25) is 20.0 Å². The summed E-state index contributed by atoms with van der Waals surface area (Å²) in [6.07, 6.45) is 10.4. The van der Waals surface area contributed by atoms with Crippen LogP contribution in [0.4, 0.5) is 0 Å². The molecule has 0 saturated carbocycles. The van der Waals surface area contributed by atoms with Crippen LogP contribution in [-0.2, 0) is 52.4 Å². The van der Waals surface area contributed by atoms with Gasteiger partial charge in [-0.05, 0) is 136 Å². The standard InChI is InChI=1S/4C10H20N2O.4C4H10N.2Zr/c4*1-9(8-10(2)13)11-6-5-7-12(3)4;4*1-3-5-4-2;;/h4*8,13H,5-7H2,1-4H3;4*3-4H2,1-2H3;;/q;;;;4*-1;2*+4/p-4/b4*10-8-,11-9?;;;;;;. The molecule has 0 atom stereocenters. The van der Waals surface area contributed by atoms with Crippen molar-refractivity contribution in [3.63, 3.8) is 0 Å². The first kappa shape index (κ1) is 94.7. The van der Waals surface area contributed by atoms with Gasteiger partial charge in [0.15, 0.2) is 0 Å². The fourth-order valence-corrected chi connectivity index (χ4v) is 4.82. The van der Waals surface area contributed by atoms with Crippen molar-refractivity contribution >= 4 is 22.8 Å². The van der Waals surface area contributed by atoms with Gasteiger partial charge in [0.1, 0.15) is 0 Å². The van der Waals surface area contributed by atoms with E-state index in [-0.39, 0.29) is 75.4 Å². The van der Waals surface area contributed by atoms with Crippen LogP contribution in [0.15, 0.2) is 67.3 Å². The zero-order chi connectivity index (χ0) is 57.6. The Morgan fingerprint density at radius 2 is 0.446 bits per heavy atom. The van der Waals surface area contributed by atoms with E-state index in [2.05, 4.69) is 60.8 Å². The van der Waals surface area contributed by atoms with E-state index in [0.717, 1.165) is 153 Å². The van der Waals surface area contributed by atoms with Crippen LogP contribution in [0.2, 0.25) is 0 Å². The molecule has 0 radical (unpaired) electrons. The molecule has 0 N–H and O–H groups in total. The van der Waals surface area contributed by atoms with Crippen LogP contribution in [0.5, 0.6) is 0 Å². The Labute approximate surface area is 498 Å². The summed E-state index contributed by atoms with van der Waals surface area (Å²) >= 11 is 0. The van der Waals surface area contributed by atoms with Crippen molar-refractivity contribution in [2.75, 3.05) is 161 Å². The Bertz CT molecular complexity index is 1130. The van der Waals surface area contributed by atoms with Gasteiger partial charge in [-0.2, -0.15) is 52.4 Å². The van der Waals surface area contributed by atoms with Crippen LogP contribution in [0.25, 0.3) is 21.3 Å². The summed E-state index contributed by atoms with van der Waals surface area (Å²) in [5.41, 5.74) is 3.30. The van der Waals surface area contributed by atoms with Crippen molar-refractivity contribution in [2.24, 2.45) is 20.0 Å². The predicted octanol–water partition coefficient (Wildman–Crippen LogP) is 8.25. The van der Waals surface area contributed by atoms with Crippen LogP contribution in [0.3, 0.4) is 0 Å². The van der Waals surface area contributed by atoms with Gasteiger partial charge in [-0.15, -0.1) is 23.0 Å². The molecular formula is C56H116N12O4Zr2. The van der Waals surface area contributed by atoms with Crippen molar-refractivity contribution in [1.82, 2.24) is 19.6 Å². The zero-order valence-corrected chi connectivity index (χ0v) is 57.4. The van der Waals surface area contributed by atoms with E-state index in [1.165, 1.54) is 0 Å². The fraction of sp³-hybridized carbons (Fsp3) is 0.786. The second-order valence-corrected chi connectivity index (χ2v) is 17.2. The van der Waals surface area contributed by atoms with Gasteiger partial charge in [-0.25, -0.2) is 0 Å². The Kier molecular flexibility index (Phi) is 103. The molecule has 16 nitrogen and oxygen atoms in total. The molecule has 18 heteroatoms. The Morgan fingerprint density at radius 3 is 0.527 bits per heavy atom. The van der Waals surface area contributed by atoms with Crippen molar-refractivity contribution in [3.8, 4) is 0 Å². The average molecular weight is 1200 g/mol. The topological polar surface area (TPSA) is 211 Å². The first-order valence-electron chi connectivity index (χ1n) is 26.3. The van der Waals surface area contributed by atoms with Crippen LogP contribution < -0.4 is 20.4 Å². The maximum Gasteiger partial charge on any atom is 4.00 e. The average Bonchev–Trinajstić information content (AvgIpc) is 3.26. The summed E-state index contributed by atoms with van der Waals surface area (Å²) in [7, 11) is 16.3. The molecule has 0 bridgehead atoms. The molecule has 0 fully saturated rings. The van der Waals surface area contributed by atoms with Gasteiger partial charge in [0.2, 0.25) is 0 Å².